The van der Waals surface area contributed by atoms with Gasteiger partial charge in [0.2, 0.25) is 5.95 Å². The lowest BCUT2D eigenvalue weighted by Crippen LogP contribution is -2.22. The maximum absolute atomic E-state index is 11.8. The van der Waals surface area contributed by atoms with E-state index in [-0.39, 0.29) is 11.2 Å². The summed E-state index contributed by atoms with van der Waals surface area (Å²) in [7, 11) is 0. The van der Waals surface area contributed by atoms with Crippen LogP contribution in [0.3, 0.4) is 0 Å². The van der Waals surface area contributed by atoms with Crippen molar-refractivity contribution in [3.63, 3.8) is 0 Å². The monoisotopic (exact) mass is 364 g/mol. The standard InChI is InChI=1S/C16H17ClN4O2S/c17-11-5-1-2-6-12(11)21-15(20-8-3-4-9-20)18-19-16(21)24-13-7-10-23-14(13)22/h1-2,5-6,13H,3-4,7-10H2/t13-/m1/s1. The average molecular weight is 365 g/mol. The molecule has 0 amide bonds. The van der Waals surface area contributed by atoms with Crippen LogP contribution in [0.4, 0.5) is 5.95 Å². The summed E-state index contributed by atoms with van der Waals surface area (Å²) in [6.07, 6.45) is 2.98. The smallest absolute Gasteiger partial charge is 0.319 e. The second kappa shape index (κ2) is 6.64. The van der Waals surface area contributed by atoms with Crippen LogP contribution < -0.4 is 4.90 Å². The topological polar surface area (TPSA) is 60.2 Å². The first-order valence-electron chi connectivity index (χ1n) is 8.02. The highest BCUT2D eigenvalue weighted by Crippen LogP contribution is 2.35. The Morgan fingerprint density at radius 2 is 2.00 bits per heavy atom. The van der Waals surface area contributed by atoms with E-state index in [1.165, 1.54) is 11.8 Å². The fourth-order valence-corrected chi connectivity index (χ4v) is 4.24. The number of nitrogens with zero attached hydrogens (tertiary/aromatic N) is 4. The fraction of sp³-hybridized carbons (Fsp3) is 0.438. The molecule has 1 aromatic heterocycles. The summed E-state index contributed by atoms with van der Waals surface area (Å²) in [6, 6.07) is 7.63. The van der Waals surface area contributed by atoms with Crippen molar-refractivity contribution >= 4 is 35.3 Å². The van der Waals surface area contributed by atoms with Crippen LogP contribution >= 0.6 is 23.4 Å². The normalized spacial score (nSPS) is 20.6. The molecule has 2 aromatic rings. The summed E-state index contributed by atoms with van der Waals surface area (Å²) < 4.78 is 7.02. The highest BCUT2D eigenvalue weighted by molar-refractivity contribution is 8.00. The summed E-state index contributed by atoms with van der Waals surface area (Å²) in [5, 5.41) is 9.81. The van der Waals surface area contributed by atoms with Crippen molar-refractivity contribution in [1.29, 1.82) is 0 Å². The number of halogens is 1. The zero-order valence-electron chi connectivity index (χ0n) is 13.0. The van der Waals surface area contributed by atoms with Crippen LogP contribution in [0.2, 0.25) is 5.02 Å². The number of esters is 1. The van der Waals surface area contributed by atoms with Crippen molar-refractivity contribution < 1.29 is 9.53 Å². The molecule has 0 N–H and O–H groups in total. The minimum Gasteiger partial charge on any atom is -0.465 e. The van der Waals surface area contributed by atoms with Gasteiger partial charge in [-0.15, -0.1) is 10.2 Å². The second-order valence-corrected chi connectivity index (χ2v) is 7.40. The van der Waals surface area contributed by atoms with Gasteiger partial charge >= 0.3 is 5.97 Å². The zero-order valence-corrected chi connectivity index (χ0v) is 14.6. The quantitative estimate of drug-likeness (QED) is 0.777. The van der Waals surface area contributed by atoms with E-state index in [4.69, 9.17) is 16.3 Å². The molecule has 2 saturated heterocycles. The first kappa shape index (κ1) is 15.8. The number of cyclic esters (lactones) is 1. The third-order valence-corrected chi connectivity index (χ3v) is 5.74. The van der Waals surface area contributed by atoms with E-state index in [0.29, 0.717) is 23.2 Å². The Kier molecular flexibility index (Phi) is 4.37. The van der Waals surface area contributed by atoms with Crippen LogP contribution in [0.5, 0.6) is 0 Å². The Labute approximate surface area is 149 Å². The predicted molar refractivity (Wildman–Crippen MR) is 93.0 cm³/mol. The first-order chi connectivity index (χ1) is 11.7. The van der Waals surface area contributed by atoms with E-state index >= 15 is 0 Å². The summed E-state index contributed by atoms with van der Waals surface area (Å²) >= 11 is 7.81. The number of rotatable bonds is 4. The van der Waals surface area contributed by atoms with Gasteiger partial charge in [-0.2, -0.15) is 0 Å². The van der Waals surface area contributed by atoms with Crippen LogP contribution in [0.1, 0.15) is 19.3 Å². The molecule has 0 radical (unpaired) electrons. The molecule has 1 atom stereocenters. The van der Waals surface area contributed by atoms with E-state index in [2.05, 4.69) is 15.1 Å². The Hall–Kier alpha value is -1.73. The minimum absolute atomic E-state index is 0.184. The van der Waals surface area contributed by atoms with Gasteiger partial charge < -0.3 is 9.64 Å². The van der Waals surface area contributed by atoms with Gasteiger partial charge in [-0.1, -0.05) is 35.5 Å². The Morgan fingerprint density at radius 3 is 2.71 bits per heavy atom. The molecule has 2 fully saturated rings. The van der Waals surface area contributed by atoms with Gasteiger partial charge in [0, 0.05) is 19.5 Å². The molecule has 4 rings (SSSR count). The van der Waals surface area contributed by atoms with Crippen molar-refractivity contribution in [2.24, 2.45) is 0 Å². The first-order valence-corrected chi connectivity index (χ1v) is 9.28. The van der Waals surface area contributed by atoms with E-state index < -0.39 is 0 Å². The molecule has 2 aliphatic rings. The molecule has 3 heterocycles. The summed E-state index contributed by atoms with van der Waals surface area (Å²) in [6.45, 7) is 2.38. The summed E-state index contributed by atoms with van der Waals surface area (Å²) in [5.74, 6) is 0.603. The number of hydrogen-bond donors (Lipinski definition) is 0. The van der Waals surface area contributed by atoms with Gasteiger partial charge in [-0.05, 0) is 25.0 Å². The van der Waals surface area contributed by atoms with Gasteiger partial charge in [0.25, 0.3) is 0 Å². The number of carbonyl (C=O) groups is 1. The number of anilines is 1. The summed E-state index contributed by atoms with van der Waals surface area (Å²) in [4.78, 5) is 14.0. The van der Waals surface area contributed by atoms with Gasteiger partial charge in [-0.25, -0.2) is 0 Å². The Bertz CT molecular complexity index is 760. The van der Waals surface area contributed by atoms with Gasteiger partial charge in [0.05, 0.1) is 17.3 Å². The van der Waals surface area contributed by atoms with Crippen LogP contribution in [0.25, 0.3) is 5.69 Å². The minimum atomic E-state index is -0.234. The lowest BCUT2D eigenvalue weighted by atomic mass is 10.3. The molecule has 126 valence electrons. The van der Waals surface area contributed by atoms with E-state index in [0.717, 1.165) is 37.6 Å². The Morgan fingerprint density at radius 1 is 1.21 bits per heavy atom. The van der Waals surface area contributed by atoms with Crippen molar-refractivity contribution in [3.05, 3.63) is 29.3 Å². The number of ether oxygens (including phenoxy) is 1. The van der Waals surface area contributed by atoms with Crippen molar-refractivity contribution in [3.8, 4) is 5.69 Å². The molecule has 8 heteroatoms. The lowest BCUT2D eigenvalue weighted by molar-refractivity contribution is -0.137. The third kappa shape index (κ3) is 2.86. The van der Waals surface area contributed by atoms with Gasteiger partial charge in [0.1, 0.15) is 5.25 Å². The number of benzene rings is 1. The second-order valence-electron chi connectivity index (χ2n) is 5.83. The molecule has 2 aliphatic heterocycles. The van der Waals surface area contributed by atoms with Crippen LogP contribution in [-0.4, -0.2) is 45.7 Å². The van der Waals surface area contributed by atoms with Crippen LogP contribution in [0, 0.1) is 0 Å². The number of hydrogen-bond acceptors (Lipinski definition) is 6. The summed E-state index contributed by atoms with van der Waals surface area (Å²) in [5.41, 5.74) is 0.833. The zero-order chi connectivity index (χ0) is 16.5. The molecular weight excluding hydrogens is 348 g/mol. The highest BCUT2D eigenvalue weighted by Gasteiger charge is 2.31. The average Bonchev–Trinajstić information content (AvgIpc) is 3.30. The molecule has 0 saturated carbocycles. The van der Waals surface area contributed by atoms with E-state index in [9.17, 15) is 4.79 Å². The molecule has 0 aliphatic carbocycles. The SMILES string of the molecule is O=C1OCC[C@H]1Sc1nnc(N2CCCC2)n1-c1ccccc1Cl. The number of aromatic nitrogens is 3. The maximum Gasteiger partial charge on any atom is 0.319 e. The molecule has 6 nitrogen and oxygen atoms in total. The van der Waals surface area contributed by atoms with Crippen molar-refractivity contribution in [2.45, 2.75) is 29.7 Å². The largest absolute Gasteiger partial charge is 0.465 e. The lowest BCUT2D eigenvalue weighted by Gasteiger charge is -2.19. The van der Waals surface area contributed by atoms with Crippen molar-refractivity contribution in [1.82, 2.24) is 14.8 Å². The highest BCUT2D eigenvalue weighted by atomic mass is 35.5. The van der Waals surface area contributed by atoms with E-state index in [1.54, 1.807) is 0 Å². The molecule has 0 spiro atoms. The Balaban J connectivity index is 1.76. The van der Waals surface area contributed by atoms with Crippen LogP contribution in [-0.2, 0) is 9.53 Å². The molecular formula is C16H17ClN4O2S. The number of carbonyl (C=O) groups excluding carboxylic acids is 1. The maximum atomic E-state index is 11.8. The van der Waals surface area contributed by atoms with E-state index in [1.807, 2.05) is 28.8 Å². The van der Waals surface area contributed by atoms with Gasteiger partial charge in [-0.3, -0.25) is 9.36 Å². The number of para-hydroxylation sites is 1. The molecule has 1 aromatic carbocycles. The third-order valence-electron chi connectivity index (χ3n) is 4.23. The molecule has 0 unspecified atom stereocenters. The number of thioether (sulfide) groups is 1. The van der Waals surface area contributed by atoms with Gasteiger partial charge in [0.15, 0.2) is 5.16 Å². The molecule has 24 heavy (non-hydrogen) atoms. The predicted octanol–water partition coefficient (Wildman–Crippen LogP) is 2.93. The molecule has 0 bridgehead atoms. The fourth-order valence-electron chi connectivity index (χ4n) is 3.02. The van der Waals surface area contributed by atoms with Crippen LogP contribution in [0.15, 0.2) is 29.4 Å². The van der Waals surface area contributed by atoms with Crippen molar-refractivity contribution in [2.75, 3.05) is 24.6 Å².